The average molecular weight is 331 g/mol. The fraction of sp³-hybridized carbons (Fsp3) is 0.632. The Hall–Kier alpha value is -1.59. The van der Waals surface area contributed by atoms with Gasteiger partial charge >= 0.3 is 0 Å². The summed E-state index contributed by atoms with van der Waals surface area (Å²) in [5, 5.41) is 0. The Morgan fingerprint density at radius 3 is 2.71 bits per heavy atom. The molecule has 5 heteroatoms. The van der Waals surface area contributed by atoms with Gasteiger partial charge in [0.25, 0.3) is 0 Å². The molecule has 0 bridgehead atoms. The van der Waals surface area contributed by atoms with Crippen molar-refractivity contribution in [2.45, 2.75) is 31.8 Å². The smallest absolute Gasteiger partial charge is 0.227 e. The van der Waals surface area contributed by atoms with Gasteiger partial charge in [-0.3, -0.25) is 4.79 Å². The third kappa shape index (κ3) is 3.28. The molecule has 4 rings (SSSR count). The maximum atomic E-state index is 12.6. The van der Waals surface area contributed by atoms with Crippen molar-refractivity contribution in [3.05, 3.63) is 29.8 Å². The monoisotopic (exact) mass is 331 g/mol. The van der Waals surface area contributed by atoms with Crippen LogP contribution >= 0.6 is 0 Å². The van der Waals surface area contributed by atoms with E-state index in [1.807, 2.05) is 29.2 Å². The Labute approximate surface area is 142 Å². The standard InChI is InChI=1S/C19H25NO4/c21-18(20-13-19(14-20)6-9-22-10-7-19)11-15-3-1-2-4-17(15)24-16-5-8-23-12-16/h1-4,16H,5-14H2. The van der Waals surface area contributed by atoms with E-state index in [9.17, 15) is 4.79 Å². The maximum absolute atomic E-state index is 12.6. The molecule has 3 aliphatic rings. The predicted molar refractivity (Wildman–Crippen MR) is 89.1 cm³/mol. The van der Waals surface area contributed by atoms with E-state index in [1.54, 1.807) is 0 Å². The van der Waals surface area contributed by atoms with Crippen molar-refractivity contribution in [2.75, 3.05) is 39.5 Å². The van der Waals surface area contributed by atoms with Crippen LogP contribution in [0, 0.1) is 5.41 Å². The lowest BCUT2D eigenvalue weighted by Gasteiger charge is -2.52. The quantitative estimate of drug-likeness (QED) is 0.847. The van der Waals surface area contributed by atoms with E-state index in [0.29, 0.717) is 18.4 Å². The number of benzene rings is 1. The van der Waals surface area contributed by atoms with Gasteiger partial charge in [-0.2, -0.15) is 0 Å². The van der Waals surface area contributed by atoms with Crippen LogP contribution in [0.15, 0.2) is 24.3 Å². The van der Waals surface area contributed by atoms with Crippen LogP contribution < -0.4 is 4.74 Å². The van der Waals surface area contributed by atoms with Crippen LogP contribution in [0.5, 0.6) is 5.75 Å². The molecule has 0 radical (unpaired) electrons. The Kier molecular flexibility index (Phi) is 4.46. The molecular weight excluding hydrogens is 306 g/mol. The predicted octanol–water partition coefficient (Wildman–Crippen LogP) is 2.04. The molecule has 5 nitrogen and oxygen atoms in total. The van der Waals surface area contributed by atoms with Gasteiger partial charge in [0.05, 0.1) is 19.6 Å². The lowest BCUT2D eigenvalue weighted by atomic mass is 9.73. The number of amides is 1. The molecule has 1 atom stereocenters. The molecule has 0 aliphatic carbocycles. The summed E-state index contributed by atoms with van der Waals surface area (Å²) in [4.78, 5) is 14.6. The van der Waals surface area contributed by atoms with E-state index in [-0.39, 0.29) is 12.0 Å². The summed E-state index contributed by atoms with van der Waals surface area (Å²) >= 11 is 0. The fourth-order valence-corrected chi connectivity index (χ4v) is 3.89. The fourth-order valence-electron chi connectivity index (χ4n) is 3.89. The van der Waals surface area contributed by atoms with Crippen molar-refractivity contribution >= 4 is 5.91 Å². The van der Waals surface area contributed by atoms with Crippen LogP contribution in [-0.2, 0) is 20.7 Å². The number of likely N-dealkylation sites (tertiary alicyclic amines) is 1. The van der Waals surface area contributed by atoms with E-state index in [2.05, 4.69) is 0 Å². The minimum Gasteiger partial charge on any atom is -0.488 e. The van der Waals surface area contributed by atoms with E-state index >= 15 is 0 Å². The first-order valence-electron chi connectivity index (χ1n) is 8.92. The van der Waals surface area contributed by atoms with E-state index in [1.165, 1.54) is 0 Å². The molecule has 3 heterocycles. The second kappa shape index (κ2) is 6.73. The van der Waals surface area contributed by atoms with E-state index < -0.39 is 0 Å². The third-order valence-corrected chi connectivity index (χ3v) is 5.45. The maximum Gasteiger partial charge on any atom is 0.227 e. The topological polar surface area (TPSA) is 48.0 Å². The van der Waals surface area contributed by atoms with Crippen molar-refractivity contribution in [1.29, 1.82) is 0 Å². The number of para-hydroxylation sites is 1. The molecule has 130 valence electrons. The van der Waals surface area contributed by atoms with Crippen LogP contribution in [0.1, 0.15) is 24.8 Å². The molecular formula is C19H25NO4. The molecule has 0 saturated carbocycles. The van der Waals surface area contributed by atoms with Crippen LogP contribution in [0.25, 0.3) is 0 Å². The summed E-state index contributed by atoms with van der Waals surface area (Å²) in [7, 11) is 0. The molecule has 1 unspecified atom stereocenters. The van der Waals surface area contributed by atoms with Gasteiger partial charge in [0.15, 0.2) is 0 Å². The minimum atomic E-state index is 0.107. The van der Waals surface area contributed by atoms with Gasteiger partial charge in [-0.15, -0.1) is 0 Å². The molecule has 3 aliphatic heterocycles. The summed E-state index contributed by atoms with van der Waals surface area (Å²) < 4.78 is 16.8. The minimum absolute atomic E-state index is 0.107. The van der Waals surface area contributed by atoms with Gasteiger partial charge < -0.3 is 19.1 Å². The van der Waals surface area contributed by atoms with Gasteiger partial charge in [0.2, 0.25) is 5.91 Å². The molecule has 1 spiro atoms. The highest BCUT2D eigenvalue weighted by atomic mass is 16.5. The average Bonchev–Trinajstić information content (AvgIpc) is 3.08. The zero-order valence-electron chi connectivity index (χ0n) is 14.0. The second-order valence-corrected chi connectivity index (χ2v) is 7.25. The molecule has 1 amide bonds. The van der Waals surface area contributed by atoms with Gasteiger partial charge in [-0.25, -0.2) is 0 Å². The number of ether oxygens (including phenoxy) is 3. The van der Waals surface area contributed by atoms with Gasteiger partial charge in [0.1, 0.15) is 11.9 Å². The summed E-state index contributed by atoms with van der Waals surface area (Å²) in [5.41, 5.74) is 1.30. The van der Waals surface area contributed by atoms with Crippen molar-refractivity contribution in [3.63, 3.8) is 0 Å². The molecule has 24 heavy (non-hydrogen) atoms. The highest BCUT2D eigenvalue weighted by molar-refractivity contribution is 5.80. The van der Waals surface area contributed by atoms with Gasteiger partial charge in [0, 0.05) is 43.7 Å². The first kappa shape index (κ1) is 15.9. The Balaban J connectivity index is 1.36. The van der Waals surface area contributed by atoms with Crippen molar-refractivity contribution in [3.8, 4) is 5.75 Å². The highest BCUT2D eigenvalue weighted by Gasteiger charge is 2.45. The van der Waals surface area contributed by atoms with Crippen molar-refractivity contribution in [1.82, 2.24) is 4.90 Å². The second-order valence-electron chi connectivity index (χ2n) is 7.25. The van der Waals surface area contributed by atoms with Crippen LogP contribution in [0.4, 0.5) is 0 Å². The number of rotatable bonds is 4. The Morgan fingerprint density at radius 2 is 1.96 bits per heavy atom. The largest absolute Gasteiger partial charge is 0.488 e. The summed E-state index contributed by atoms with van der Waals surface area (Å²) in [6.07, 6.45) is 3.60. The Morgan fingerprint density at radius 1 is 1.17 bits per heavy atom. The number of nitrogens with zero attached hydrogens (tertiary/aromatic N) is 1. The van der Waals surface area contributed by atoms with E-state index in [4.69, 9.17) is 14.2 Å². The summed E-state index contributed by atoms with van der Waals surface area (Å²) in [6, 6.07) is 7.88. The van der Waals surface area contributed by atoms with Crippen LogP contribution in [-0.4, -0.2) is 56.4 Å². The van der Waals surface area contributed by atoms with Gasteiger partial charge in [-0.1, -0.05) is 18.2 Å². The number of hydrogen-bond acceptors (Lipinski definition) is 4. The molecule has 3 saturated heterocycles. The number of carbonyl (C=O) groups excluding carboxylic acids is 1. The molecule has 0 aromatic heterocycles. The van der Waals surface area contributed by atoms with Gasteiger partial charge in [-0.05, 0) is 18.9 Å². The molecule has 0 N–H and O–H groups in total. The SMILES string of the molecule is O=C(Cc1ccccc1OC1CCOC1)N1CC2(CCOCC2)C1. The van der Waals surface area contributed by atoms with Crippen LogP contribution in [0.2, 0.25) is 0 Å². The zero-order valence-corrected chi connectivity index (χ0v) is 14.0. The highest BCUT2D eigenvalue weighted by Crippen LogP contribution is 2.40. The number of hydrogen-bond donors (Lipinski definition) is 0. The lowest BCUT2D eigenvalue weighted by molar-refractivity contribution is -0.149. The Bertz CT molecular complexity index is 583. The first-order valence-corrected chi connectivity index (χ1v) is 8.92. The zero-order chi connectivity index (χ0) is 16.4. The van der Waals surface area contributed by atoms with Crippen molar-refractivity contribution < 1.29 is 19.0 Å². The third-order valence-electron chi connectivity index (χ3n) is 5.45. The summed E-state index contributed by atoms with van der Waals surface area (Å²) in [6.45, 7) is 4.83. The lowest BCUT2D eigenvalue weighted by Crippen LogP contribution is -2.60. The molecule has 1 aromatic rings. The van der Waals surface area contributed by atoms with Crippen LogP contribution in [0.3, 0.4) is 0 Å². The number of carbonyl (C=O) groups is 1. The summed E-state index contributed by atoms with van der Waals surface area (Å²) in [5.74, 6) is 1.02. The molecule has 3 fully saturated rings. The normalized spacial score (nSPS) is 25.5. The first-order chi connectivity index (χ1) is 11.7. The van der Waals surface area contributed by atoms with Crippen molar-refractivity contribution in [2.24, 2.45) is 5.41 Å². The van der Waals surface area contributed by atoms with E-state index in [0.717, 1.165) is 63.5 Å². The molecule has 1 aromatic carbocycles.